The Morgan fingerprint density at radius 2 is 0.926 bits per heavy atom. The summed E-state index contributed by atoms with van der Waals surface area (Å²) in [5, 5.41) is 2.16. The molecule has 5 nitrogen and oxygen atoms in total. The Morgan fingerprint density at radius 3 is 1.59 bits per heavy atom. The van der Waals surface area contributed by atoms with Gasteiger partial charge in [-0.2, -0.15) is 0 Å². The van der Waals surface area contributed by atoms with Gasteiger partial charge in [0.15, 0.2) is 17.5 Å². The Kier molecular flexibility index (Phi) is 8.86. The maximum atomic E-state index is 5.28. The van der Waals surface area contributed by atoms with E-state index in [1.165, 1.54) is 0 Å². The van der Waals surface area contributed by atoms with Crippen molar-refractivity contribution >= 4 is 22.2 Å². The lowest BCUT2D eigenvalue weighted by Gasteiger charge is -2.14. The molecule has 0 amide bonds. The van der Waals surface area contributed by atoms with E-state index in [4.69, 9.17) is 24.9 Å². The zero-order valence-electron chi connectivity index (χ0n) is 29.3. The van der Waals surface area contributed by atoms with E-state index in [0.717, 1.165) is 61.0 Å². The summed E-state index contributed by atoms with van der Waals surface area (Å²) in [6.07, 6.45) is 1.81. The topological polar surface area (TPSA) is 63.9 Å². The van der Waals surface area contributed by atoms with Crippen LogP contribution < -0.4 is 0 Å². The van der Waals surface area contributed by atoms with Gasteiger partial charge in [-0.3, -0.25) is 4.98 Å². The molecule has 0 saturated heterocycles. The highest BCUT2D eigenvalue weighted by atomic mass is 15.1. The normalized spacial score (nSPS) is 11.4. The highest BCUT2D eigenvalue weighted by Gasteiger charge is 2.20. The fraction of sp³-hybridized carbons (Fsp3) is 0. The predicted octanol–water partition coefficient (Wildman–Crippen LogP) is 11.9. The van der Waals surface area contributed by atoms with Gasteiger partial charge in [-0.15, -0.1) is 0 Å². The molecular weight excluding hydrogens is 659 g/mol. The van der Waals surface area contributed by atoms with Gasteiger partial charge in [0.25, 0.3) is 0 Å². The number of pyridine rings is 1. The summed E-state index contributed by atoms with van der Waals surface area (Å²) in [7, 11) is 0. The monoisotopic (exact) mass is 691 g/mol. The molecule has 0 atom stereocenters. The zero-order valence-corrected chi connectivity index (χ0v) is 29.3. The zero-order chi connectivity index (χ0) is 36.1. The largest absolute Gasteiger partial charge is 0.253 e. The summed E-state index contributed by atoms with van der Waals surface area (Å²) < 4.78 is 0. The van der Waals surface area contributed by atoms with Gasteiger partial charge in [0, 0.05) is 17.3 Å². The molecule has 0 N–H and O–H groups in total. The van der Waals surface area contributed by atoms with Crippen molar-refractivity contribution in [3.8, 4) is 56.3 Å². The van der Waals surface area contributed by atoms with E-state index >= 15 is 0 Å². The summed E-state index contributed by atoms with van der Waals surface area (Å²) in [6.45, 7) is 0. The predicted molar refractivity (Wildman–Crippen MR) is 220 cm³/mol. The number of hydrogen-bond donors (Lipinski definition) is 0. The van der Waals surface area contributed by atoms with Crippen LogP contribution in [0, 0.1) is 0 Å². The van der Waals surface area contributed by atoms with Gasteiger partial charge in [-0.05, 0) is 86.6 Å². The Labute approximate surface area is 314 Å². The van der Waals surface area contributed by atoms with Crippen LogP contribution >= 0.6 is 0 Å². The molecule has 54 heavy (non-hydrogen) atoms. The van der Waals surface area contributed by atoms with Crippen molar-refractivity contribution in [2.24, 2.45) is 4.99 Å². The summed E-state index contributed by atoms with van der Waals surface area (Å²) in [5.41, 5.74) is 10.3. The van der Waals surface area contributed by atoms with Gasteiger partial charge >= 0.3 is 0 Å². The number of hydrogen-bond acceptors (Lipinski definition) is 5. The van der Waals surface area contributed by atoms with Crippen molar-refractivity contribution in [1.29, 1.82) is 0 Å². The van der Waals surface area contributed by atoms with Gasteiger partial charge in [0.1, 0.15) is 11.4 Å². The molecule has 0 fully saturated rings. The van der Waals surface area contributed by atoms with Crippen LogP contribution in [0.4, 0.5) is 5.69 Å². The second kappa shape index (κ2) is 14.7. The number of aliphatic imine (C=N–C) groups is 1. The summed E-state index contributed by atoms with van der Waals surface area (Å²) >= 11 is 0. The lowest BCUT2D eigenvalue weighted by molar-refractivity contribution is 1.03. The first-order chi connectivity index (χ1) is 26.7. The highest BCUT2D eigenvalue weighted by Crippen LogP contribution is 2.33. The molecule has 7 aromatic carbocycles. The van der Waals surface area contributed by atoms with Gasteiger partial charge in [-0.1, -0.05) is 152 Å². The maximum absolute atomic E-state index is 5.28. The maximum Gasteiger partial charge on any atom is 0.183 e. The van der Waals surface area contributed by atoms with Gasteiger partial charge in [-0.25, -0.2) is 19.9 Å². The molecule has 0 aliphatic carbocycles. The van der Waals surface area contributed by atoms with Crippen LogP contribution in [0.3, 0.4) is 0 Å². The van der Waals surface area contributed by atoms with Crippen LogP contribution in [-0.2, 0) is 0 Å². The van der Waals surface area contributed by atoms with E-state index in [0.29, 0.717) is 28.9 Å². The number of aromatic nitrogens is 4. The molecule has 0 spiro atoms. The van der Waals surface area contributed by atoms with Crippen molar-refractivity contribution in [3.05, 3.63) is 212 Å². The van der Waals surface area contributed by atoms with E-state index in [-0.39, 0.29) is 0 Å². The third-order valence-electron chi connectivity index (χ3n) is 9.39. The lowest BCUT2D eigenvalue weighted by Crippen LogP contribution is -2.13. The van der Waals surface area contributed by atoms with Crippen molar-refractivity contribution in [3.63, 3.8) is 0 Å². The van der Waals surface area contributed by atoms with Crippen molar-refractivity contribution in [1.82, 2.24) is 19.9 Å². The molecule has 0 radical (unpaired) electrons. The first-order valence-electron chi connectivity index (χ1n) is 17.9. The second-order valence-corrected chi connectivity index (χ2v) is 13.0. The van der Waals surface area contributed by atoms with E-state index in [1.54, 1.807) is 0 Å². The van der Waals surface area contributed by atoms with Crippen molar-refractivity contribution in [2.45, 2.75) is 0 Å². The van der Waals surface area contributed by atoms with Gasteiger partial charge < -0.3 is 0 Å². The minimum Gasteiger partial charge on any atom is -0.253 e. The van der Waals surface area contributed by atoms with E-state index in [1.807, 2.05) is 79.0 Å². The average Bonchev–Trinajstić information content (AvgIpc) is 3.26. The number of para-hydroxylation sites is 1. The molecule has 0 aliphatic heterocycles. The quantitative estimate of drug-likeness (QED) is 0.149. The Balaban J connectivity index is 1.32. The lowest BCUT2D eigenvalue weighted by atomic mass is 9.95. The molecule has 2 heterocycles. The average molecular weight is 692 g/mol. The number of nitrogens with zero attached hydrogens (tertiary/aromatic N) is 5. The molecule has 2 aromatic heterocycles. The molecular formula is C49H33N5. The van der Waals surface area contributed by atoms with Crippen molar-refractivity contribution < 1.29 is 0 Å². The van der Waals surface area contributed by atoms with E-state index in [9.17, 15) is 0 Å². The number of rotatable bonds is 8. The van der Waals surface area contributed by atoms with Crippen LogP contribution in [0.5, 0.6) is 0 Å². The Morgan fingerprint density at radius 1 is 0.389 bits per heavy atom. The molecule has 0 saturated carbocycles. The van der Waals surface area contributed by atoms with Crippen molar-refractivity contribution in [2.75, 3.05) is 0 Å². The summed E-state index contributed by atoms with van der Waals surface area (Å²) in [6, 6.07) is 66.2. The molecule has 0 bridgehead atoms. The smallest absolute Gasteiger partial charge is 0.183 e. The first-order valence-corrected chi connectivity index (χ1v) is 17.9. The van der Waals surface area contributed by atoms with Crippen LogP contribution in [0.1, 0.15) is 11.4 Å². The number of fused-ring (bicyclic) bond motifs is 1. The fourth-order valence-electron chi connectivity index (χ4n) is 6.73. The number of benzene rings is 7. The van der Waals surface area contributed by atoms with Crippen LogP contribution in [0.15, 0.2) is 205 Å². The molecule has 0 unspecified atom stereocenters. The molecule has 254 valence electrons. The fourth-order valence-corrected chi connectivity index (χ4v) is 6.73. The van der Waals surface area contributed by atoms with Gasteiger partial charge in [0.05, 0.1) is 5.69 Å². The standard InChI is InChI=1S/C49H33N5/c1-5-16-34(17-6-1)38-28-29-50-45(33-38)48-52-47(41-31-39(35-18-7-2-8-19-35)30-40(32-41)36-20-9-3-10-21-36)53-49(54-48)46(51-42-24-11-4-12-25-42)44-27-15-23-37-22-13-14-26-43(37)44/h1-33H/b51-46+. The van der Waals surface area contributed by atoms with E-state index in [2.05, 4.69) is 121 Å². The summed E-state index contributed by atoms with van der Waals surface area (Å²) in [5.74, 6) is 1.44. The SMILES string of the molecule is c1ccc(/N=C(/c2nc(-c3cc(-c4ccccc4)cc(-c4ccccc4)c3)nc(-c3cc(-c4ccccc4)ccn3)n2)c2cccc3ccccc23)cc1. The minimum atomic E-state index is 0.452. The van der Waals surface area contributed by atoms with Crippen LogP contribution in [-0.4, -0.2) is 25.6 Å². The molecule has 0 aliphatic rings. The molecule has 5 heteroatoms. The Hall–Kier alpha value is -7.37. The Bertz CT molecular complexity index is 2680. The van der Waals surface area contributed by atoms with E-state index < -0.39 is 0 Å². The molecule has 9 rings (SSSR count). The minimum absolute atomic E-state index is 0.452. The second-order valence-electron chi connectivity index (χ2n) is 13.0. The van der Waals surface area contributed by atoms with Gasteiger partial charge in [0.2, 0.25) is 0 Å². The third-order valence-corrected chi connectivity index (χ3v) is 9.39. The summed E-state index contributed by atoms with van der Waals surface area (Å²) in [4.78, 5) is 25.7. The third kappa shape index (κ3) is 6.82. The highest BCUT2D eigenvalue weighted by molar-refractivity contribution is 6.18. The first kappa shape index (κ1) is 32.5. The molecule has 9 aromatic rings. The van der Waals surface area contributed by atoms with Crippen LogP contribution in [0.2, 0.25) is 0 Å². The van der Waals surface area contributed by atoms with Crippen LogP contribution in [0.25, 0.3) is 67.1 Å².